The maximum absolute atomic E-state index is 12.4. The molecule has 1 aromatic carbocycles. The molecule has 1 unspecified atom stereocenters. The van der Waals surface area contributed by atoms with Crippen molar-refractivity contribution in [2.24, 2.45) is 0 Å². The van der Waals surface area contributed by atoms with E-state index in [0.29, 0.717) is 5.56 Å². The number of carbonyl (C=O) groups is 2. The van der Waals surface area contributed by atoms with Crippen LogP contribution in [0.5, 0.6) is 0 Å². The zero-order valence-corrected chi connectivity index (χ0v) is 13.4. The maximum Gasteiger partial charge on any atom is 0.391 e. The van der Waals surface area contributed by atoms with Gasteiger partial charge in [0.2, 0.25) is 0 Å². The van der Waals surface area contributed by atoms with Gasteiger partial charge in [-0.15, -0.1) is 11.3 Å². The van der Waals surface area contributed by atoms with Crippen LogP contribution in [0.3, 0.4) is 0 Å². The fourth-order valence-corrected chi connectivity index (χ4v) is 2.92. The molecular formula is C16H14F3NO3S. The minimum atomic E-state index is -4.69. The van der Waals surface area contributed by atoms with E-state index in [9.17, 15) is 22.8 Å². The smallest absolute Gasteiger partial charge is 0.391 e. The molecule has 0 aliphatic carbocycles. The second-order valence-electron chi connectivity index (χ2n) is 5.21. The number of hydrogen-bond donors (Lipinski definition) is 2. The van der Waals surface area contributed by atoms with Gasteiger partial charge in [-0.05, 0) is 23.9 Å². The Morgan fingerprint density at radius 3 is 2.38 bits per heavy atom. The molecule has 0 saturated heterocycles. The normalized spacial score (nSPS) is 12.7. The average molecular weight is 357 g/mol. The third-order valence-electron chi connectivity index (χ3n) is 3.27. The molecule has 1 atom stereocenters. The number of rotatable bonds is 5. The molecule has 0 aliphatic heterocycles. The van der Waals surface area contributed by atoms with Crippen LogP contribution in [0.25, 0.3) is 11.1 Å². The fourth-order valence-electron chi connectivity index (χ4n) is 2.10. The first-order valence-corrected chi connectivity index (χ1v) is 7.80. The van der Waals surface area contributed by atoms with E-state index in [2.05, 4.69) is 0 Å². The molecule has 2 aromatic rings. The van der Waals surface area contributed by atoms with Gasteiger partial charge in [-0.1, -0.05) is 29.8 Å². The van der Waals surface area contributed by atoms with E-state index >= 15 is 0 Å². The van der Waals surface area contributed by atoms with Crippen molar-refractivity contribution in [3.8, 4) is 11.1 Å². The minimum Gasteiger partial charge on any atom is -0.480 e. The van der Waals surface area contributed by atoms with Crippen molar-refractivity contribution in [3.63, 3.8) is 0 Å². The van der Waals surface area contributed by atoms with Gasteiger partial charge in [-0.25, -0.2) is 4.79 Å². The first-order chi connectivity index (χ1) is 11.2. The molecule has 2 rings (SSSR count). The molecular weight excluding hydrogens is 343 g/mol. The van der Waals surface area contributed by atoms with Crippen molar-refractivity contribution < 1.29 is 27.9 Å². The quantitative estimate of drug-likeness (QED) is 0.854. The second-order valence-corrected chi connectivity index (χ2v) is 6.13. The Kier molecular flexibility index (Phi) is 5.28. The van der Waals surface area contributed by atoms with Crippen molar-refractivity contribution in [3.05, 3.63) is 46.2 Å². The van der Waals surface area contributed by atoms with E-state index in [1.165, 1.54) is 0 Å². The predicted octanol–water partition coefficient (Wildman–Crippen LogP) is 3.86. The van der Waals surface area contributed by atoms with E-state index in [-0.39, 0.29) is 4.88 Å². The highest BCUT2D eigenvalue weighted by molar-refractivity contribution is 7.12. The Morgan fingerprint density at radius 2 is 1.83 bits per heavy atom. The highest BCUT2D eigenvalue weighted by Crippen LogP contribution is 2.29. The largest absolute Gasteiger partial charge is 0.480 e. The summed E-state index contributed by atoms with van der Waals surface area (Å²) in [6, 6.07) is 6.92. The van der Waals surface area contributed by atoms with E-state index in [1.54, 1.807) is 23.6 Å². The number of aryl methyl sites for hydroxylation is 1. The minimum absolute atomic E-state index is 0.173. The summed E-state index contributed by atoms with van der Waals surface area (Å²) in [5.41, 5.74) is 2.31. The number of carboxylic acid groups (broad SMARTS) is 1. The first kappa shape index (κ1) is 18.0. The average Bonchev–Trinajstić information content (AvgIpc) is 2.95. The number of nitrogens with one attached hydrogen (secondary N) is 1. The Labute approximate surface area is 139 Å². The number of carbonyl (C=O) groups excluding carboxylic acids is 1. The summed E-state index contributed by atoms with van der Waals surface area (Å²) in [5.74, 6) is -2.56. The fraction of sp³-hybridized carbons (Fsp3) is 0.250. The van der Waals surface area contributed by atoms with E-state index in [0.717, 1.165) is 22.5 Å². The number of thiophene rings is 1. The summed E-state index contributed by atoms with van der Waals surface area (Å²) in [7, 11) is 0. The van der Waals surface area contributed by atoms with Crippen LogP contribution < -0.4 is 5.32 Å². The lowest BCUT2D eigenvalue weighted by atomic mass is 10.0. The summed E-state index contributed by atoms with van der Waals surface area (Å²) in [6.07, 6.45) is -6.31. The third-order valence-corrected chi connectivity index (χ3v) is 4.19. The number of carboxylic acids is 1. The molecule has 1 heterocycles. The zero-order chi connectivity index (χ0) is 17.9. The molecule has 2 N–H and O–H groups in total. The van der Waals surface area contributed by atoms with Crippen LogP contribution in [-0.4, -0.2) is 29.2 Å². The van der Waals surface area contributed by atoms with Gasteiger partial charge in [0.15, 0.2) is 0 Å². The van der Waals surface area contributed by atoms with Crippen LogP contribution in [0.4, 0.5) is 13.2 Å². The lowest BCUT2D eigenvalue weighted by molar-refractivity contribution is -0.157. The molecule has 8 heteroatoms. The van der Waals surface area contributed by atoms with Gasteiger partial charge in [0, 0.05) is 5.56 Å². The molecule has 0 aliphatic rings. The summed E-state index contributed by atoms with van der Waals surface area (Å²) in [6.45, 7) is 1.90. The SMILES string of the molecule is Cc1ccc(-c2ccsc2C(=O)NC(CC(F)(F)F)C(=O)O)cc1. The van der Waals surface area contributed by atoms with Gasteiger partial charge in [0.1, 0.15) is 6.04 Å². The maximum atomic E-state index is 12.4. The van der Waals surface area contributed by atoms with E-state index < -0.39 is 30.5 Å². The summed E-state index contributed by atoms with van der Waals surface area (Å²) < 4.78 is 37.3. The summed E-state index contributed by atoms with van der Waals surface area (Å²) in [5, 5.41) is 12.5. The summed E-state index contributed by atoms with van der Waals surface area (Å²) in [4.78, 5) is 23.4. The monoisotopic (exact) mass is 357 g/mol. The number of alkyl halides is 3. The molecule has 1 aromatic heterocycles. The zero-order valence-electron chi connectivity index (χ0n) is 12.6. The van der Waals surface area contributed by atoms with Crippen molar-refractivity contribution in [1.29, 1.82) is 0 Å². The number of hydrogen-bond acceptors (Lipinski definition) is 3. The molecule has 24 heavy (non-hydrogen) atoms. The number of halogens is 3. The lowest BCUT2D eigenvalue weighted by Gasteiger charge is -2.16. The van der Waals surface area contributed by atoms with Crippen molar-refractivity contribution >= 4 is 23.2 Å². The van der Waals surface area contributed by atoms with Gasteiger partial charge in [-0.3, -0.25) is 4.79 Å². The van der Waals surface area contributed by atoms with Gasteiger partial charge in [-0.2, -0.15) is 13.2 Å². The third kappa shape index (κ3) is 4.58. The molecule has 0 saturated carbocycles. The van der Waals surface area contributed by atoms with E-state index in [4.69, 9.17) is 5.11 Å². The number of aliphatic carboxylic acids is 1. The molecule has 0 radical (unpaired) electrons. The van der Waals surface area contributed by atoms with Gasteiger partial charge < -0.3 is 10.4 Å². The van der Waals surface area contributed by atoms with Crippen LogP contribution in [0, 0.1) is 6.92 Å². The van der Waals surface area contributed by atoms with Gasteiger partial charge in [0.05, 0.1) is 11.3 Å². The van der Waals surface area contributed by atoms with Gasteiger partial charge >= 0.3 is 12.1 Å². The standard InChI is InChI=1S/C16H14F3NO3S/c1-9-2-4-10(5-3-9)11-6-7-24-13(11)14(21)20-12(15(22)23)8-16(17,18)19/h2-7,12H,8H2,1H3,(H,20,21)(H,22,23). The van der Waals surface area contributed by atoms with Crippen molar-refractivity contribution in [1.82, 2.24) is 5.32 Å². The topological polar surface area (TPSA) is 66.4 Å². The molecule has 0 fully saturated rings. The Bertz CT molecular complexity index is 738. The van der Waals surface area contributed by atoms with Crippen LogP contribution in [-0.2, 0) is 4.79 Å². The first-order valence-electron chi connectivity index (χ1n) is 6.92. The highest BCUT2D eigenvalue weighted by Gasteiger charge is 2.36. The number of amides is 1. The second kappa shape index (κ2) is 7.04. The Morgan fingerprint density at radius 1 is 1.21 bits per heavy atom. The highest BCUT2D eigenvalue weighted by atomic mass is 32.1. The van der Waals surface area contributed by atoms with E-state index in [1.807, 2.05) is 24.4 Å². The molecule has 0 spiro atoms. The van der Waals surface area contributed by atoms with Crippen LogP contribution in [0.15, 0.2) is 35.7 Å². The molecule has 4 nitrogen and oxygen atoms in total. The van der Waals surface area contributed by atoms with Gasteiger partial charge in [0.25, 0.3) is 5.91 Å². The van der Waals surface area contributed by atoms with Crippen LogP contribution in [0.1, 0.15) is 21.7 Å². The molecule has 128 valence electrons. The Hall–Kier alpha value is -2.35. The predicted molar refractivity (Wildman–Crippen MR) is 84.1 cm³/mol. The molecule has 0 bridgehead atoms. The summed E-state index contributed by atoms with van der Waals surface area (Å²) >= 11 is 1.04. The van der Waals surface area contributed by atoms with Crippen LogP contribution >= 0.6 is 11.3 Å². The number of benzene rings is 1. The van der Waals surface area contributed by atoms with Crippen molar-refractivity contribution in [2.45, 2.75) is 25.6 Å². The molecule has 1 amide bonds. The van der Waals surface area contributed by atoms with Crippen molar-refractivity contribution in [2.75, 3.05) is 0 Å². The van der Waals surface area contributed by atoms with Crippen LogP contribution in [0.2, 0.25) is 0 Å². The Balaban J connectivity index is 2.23. The lowest BCUT2D eigenvalue weighted by Crippen LogP contribution is -2.43.